The van der Waals surface area contributed by atoms with E-state index in [1.165, 1.54) is 24.3 Å². The van der Waals surface area contributed by atoms with Crippen molar-refractivity contribution in [2.24, 2.45) is 0 Å². The summed E-state index contributed by atoms with van der Waals surface area (Å²) >= 11 is 0. The first-order chi connectivity index (χ1) is 9.46. The molecule has 2 aromatic rings. The van der Waals surface area contributed by atoms with Crippen molar-refractivity contribution in [1.82, 2.24) is 0 Å². The number of halogens is 1. The van der Waals surface area contributed by atoms with Gasteiger partial charge in [-0.1, -0.05) is 30.3 Å². The molecule has 0 aliphatic rings. The van der Waals surface area contributed by atoms with E-state index in [1.807, 2.05) is 18.2 Å². The molecule has 0 heterocycles. The van der Waals surface area contributed by atoms with Gasteiger partial charge in [0.05, 0.1) is 11.1 Å². The average molecular weight is 291 g/mol. The fourth-order valence-electron chi connectivity index (χ4n) is 1.66. The highest BCUT2D eigenvalue weighted by Gasteiger charge is 2.08. The number of nitrogens with one attached hydrogen (secondary N) is 1. The first-order valence-electron chi connectivity index (χ1n) is 5.98. The lowest BCUT2D eigenvalue weighted by Gasteiger charge is -2.07. The Morgan fingerprint density at radius 3 is 2.45 bits per heavy atom. The molecule has 0 radical (unpaired) electrons. The Morgan fingerprint density at radius 1 is 1.10 bits per heavy atom. The number of anilines is 1. The van der Waals surface area contributed by atoms with Crippen LogP contribution in [0.5, 0.6) is 0 Å². The summed E-state index contributed by atoms with van der Waals surface area (Å²) in [5.74, 6) is -0.398. The normalized spacial score (nSPS) is 11.7. The highest BCUT2D eigenvalue weighted by atomic mass is 32.2. The summed E-state index contributed by atoms with van der Waals surface area (Å²) in [6.45, 7) is 1.64. The Kier molecular flexibility index (Phi) is 4.20. The number of hydrogen-bond donors (Lipinski definition) is 1. The van der Waals surface area contributed by atoms with Gasteiger partial charge in [0.25, 0.3) is 10.0 Å². The largest absolute Gasteiger partial charge is 0.280 e. The van der Waals surface area contributed by atoms with Gasteiger partial charge in [0, 0.05) is 0 Å². The summed E-state index contributed by atoms with van der Waals surface area (Å²) in [5.41, 5.74) is 1.68. The molecule has 0 atom stereocenters. The van der Waals surface area contributed by atoms with E-state index in [1.54, 1.807) is 19.1 Å². The van der Waals surface area contributed by atoms with E-state index in [0.29, 0.717) is 11.3 Å². The van der Waals surface area contributed by atoms with E-state index < -0.39 is 15.8 Å². The standard InChI is InChI=1S/C15H14FNO2S/c1-12-11-14(16)7-8-15(12)17-20(18,19)10-9-13-5-3-2-4-6-13/h2-11,17H,1H3/b10-9+. The topological polar surface area (TPSA) is 46.2 Å². The number of rotatable bonds is 4. The van der Waals surface area contributed by atoms with Gasteiger partial charge in [-0.3, -0.25) is 4.72 Å². The van der Waals surface area contributed by atoms with Crippen molar-refractivity contribution in [2.75, 3.05) is 4.72 Å². The van der Waals surface area contributed by atoms with E-state index in [9.17, 15) is 12.8 Å². The second-order valence-electron chi connectivity index (χ2n) is 4.32. The molecule has 0 unspecified atom stereocenters. The highest BCUT2D eigenvalue weighted by molar-refractivity contribution is 7.95. The summed E-state index contributed by atoms with van der Waals surface area (Å²) in [6, 6.07) is 13.0. The van der Waals surface area contributed by atoms with E-state index in [4.69, 9.17) is 0 Å². The highest BCUT2D eigenvalue weighted by Crippen LogP contribution is 2.17. The third-order valence-electron chi connectivity index (χ3n) is 2.68. The minimum atomic E-state index is -3.62. The van der Waals surface area contributed by atoms with Crippen molar-refractivity contribution < 1.29 is 12.8 Å². The summed E-state index contributed by atoms with van der Waals surface area (Å²) in [4.78, 5) is 0. The molecule has 1 N–H and O–H groups in total. The van der Waals surface area contributed by atoms with Crippen LogP contribution >= 0.6 is 0 Å². The Hall–Kier alpha value is -2.14. The molecule has 0 spiro atoms. The van der Waals surface area contributed by atoms with Crippen LogP contribution in [-0.4, -0.2) is 8.42 Å². The van der Waals surface area contributed by atoms with Crippen molar-refractivity contribution >= 4 is 21.8 Å². The molecule has 20 heavy (non-hydrogen) atoms. The zero-order valence-electron chi connectivity index (χ0n) is 10.9. The smallest absolute Gasteiger partial charge is 0.255 e. The minimum Gasteiger partial charge on any atom is -0.280 e. The Balaban J connectivity index is 2.17. The van der Waals surface area contributed by atoms with Crippen molar-refractivity contribution in [3.8, 4) is 0 Å². The van der Waals surface area contributed by atoms with Crippen LogP contribution < -0.4 is 4.72 Å². The molecule has 2 aromatic carbocycles. The van der Waals surface area contributed by atoms with E-state index in [-0.39, 0.29) is 0 Å². The molecular weight excluding hydrogens is 277 g/mol. The first kappa shape index (κ1) is 14.3. The lowest BCUT2D eigenvalue weighted by molar-refractivity contribution is 0.609. The zero-order chi connectivity index (χ0) is 14.6. The fraction of sp³-hybridized carbons (Fsp3) is 0.0667. The van der Waals surface area contributed by atoms with Crippen LogP contribution in [0.15, 0.2) is 53.9 Å². The summed E-state index contributed by atoms with van der Waals surface area (Å²) in [6.07, 6.45) is 1.50. The number of aryl methyl sites for hydroxylation is 1. The molecule has 104 valence electrons. The van der Waals surface area contributed by atoms with Crippen molar-refractivity contribution in [3.05, 3.63) is 70.9 Å². The molecule has 0 bridgehead atoms. The summed E-state index contributed by atoms with van der Waals surface area (Å²) in [7, 11) is -3.62. The Bertz CT molecular complexity index is 725. The van der Waals surface area contributed by atoms with Crippen LogP contribution in [-0.2, 0) is 10.0 Å². The number of sulfonamides is 1. The molecule has 0 amide bonds. The van der Waals surface area contributed by atoms with Gasteiger partial charge in [0.15, 0.2) is 0 Å². The Labute approximate surface area is 117 Å². The molecule has 0 aliphatic heterocycles. The van der Waals surface area contributed by atoms with Crippen LogP contribution in [0.4, 0.5) is 10.1 Å². The third kappa shape index (κ3) is 3.93. The number of benzene rings is 2. The summed E-state index contributed by atoms with van der Waals surface area (Å²) < 4.78 is 39.2. The molecule has 3 nitrogen and oxygen atoms in total. The first-order valence-corrected chi connectivity index (χ1v) is 7.53. The maximum atomic E-state index is 13.0. The molecule has 0 saturated heterocycles. The minimum absolute atomic E-state index is 0.365. The fourth-order valence-corrected chi connectivity index (χ4v) is 2.60. The van der Waals surface area contributed by atoms with E-state index >= 15 is 0 Å². The molecule has 0 aromatic heterocycles. The van der Waals surface area contributed by atoms with Gasteiger partial charge in [0.1, 0.15) is 5.82 Å². The predicted octanol–water partition coefficient (Wildman–Crippen LogP) is 3.55. The van der Waals surface area contributed by atoms with Gasteiger partial charge < -0.3 is 0 Å². The SMILES string of the molecule is Cc1cc(F)ccc1NS(=O)(=O)/C=C/c1ccccc1. The van der Waals surface area contributed by atoms with Crippen LogP contribution in [0.25, 0.3) is 6.08 Å². The van der Waals surface area contributed by atoms with Gasteiger partial charge in [-0.2, -0.15) is 0 Å². The van der Waals surface area contributed by atoms with Crippen LogP contribution in [0.1, 0.15) is 11.1 Å². The average Bonchev–Trinajstić information content (AvgIpc) is 2.41. The molecule has 0 fully saturated rings. The molecule has 5 heteroatoms. The predicted molar refractivity (Wildman–Crippen MR) is 79.2 cm³/mol. The second kappa shape index (κ2) is 5.88. The van der Waals surface area contributed by atoms with Crippen LogP contribution in [0.2, 0.25) is 0 Å². The van der Waals surface area contributed by atoms with Crippen LogP contribution in [0, 0.1) is 12.7 Å². The maximum absolute atomic E-state index is 13.0. The van der Waals surface area contributed by atoms with Gasteiger partial charge in [-0.05, 0) is 42.3 Å². The van der Waals surface area contributed by atoms with Gasteiger partial charge >= 0.3 is 0 Å². The van der Waals surface area contributed by atoms with E-state index in [0.717, 1.165) is 11.0 Å². The van der Waals surface area contributed by atoms with Gasteiger partial charge in [0.2, 0.25) is 0 Å². The van der Waals surface area contributed by atoms with E-state index in [2.05, 4.69) is 4.72 Å². The monoisotopic (exact) mass is 291 g/mol. The third-order valence-corrected chi connectivity index (χ3v) is 3.68. The molecule has 0 saturated carbocycles. The van der Waals surface area contributed by atoms with Crippen molar-refractivity contribution in [2.45, 2.75) is 6.92 Å². The molecule has 0 aliphatic carbocycles. The summed E-state index contributed by atoms with van der Waals surface area (Å²) in [5, 5.41) is 1.09. The van der Waals surface area contributed by atoms with Crippen LogP contribution in [0.3, 0.4) is 0 Å². The lowest BCUT2D eigenvalue weighted by atomic mass is 10.2. The van der Waals surface area contributed by atoms with Gasteiger partial charge in [-0.15, -0.1) is 0 Å². The lowest BCUT2D eigenvalue weighted by Crippen LogP contribution is -2.10. The van der Waals surface area contributed by atoms with Crippen molar-refractivity contribution in [3.63, 3.8) is 0 Å². The Morgan fingerprint density at radius 2 is 1.80 bits per heavy atom. The van der Waals surface area contributed by atoms with Gasteiger partial charge in [-0.25, -0.2) is 12.8 Å². The zero-order valence-corrected chi connectivity index (χ0v) is 11.7. The molecular formula is C15H14FNO2S. The second-order valence-corrected chi connectivity index (χ2v) is 5.89. The number of hydrogen-bond acceptors (Lipinski definition) is 2. The maximum Gasteiger partial charge on any atom is 0.255 e. The molecule has 2 rings (SSSR count). The van der Waals surface area contributed by atoms with Crippen molar-refractivity contribution in [1.29, 1.82) is 0 Å². The quantitative estimate of drug-likeness (QED) is 0.936.